The summed E-state index contributed by atoms with van der Waals surface area (Å²) in [6.07, 6.45) is 3.88. The van der Waals surface area contributed by atoms with Gasteiger partial charge in [0.05, 0.1) is 0 Å². The van der Waals surface area contributed by atoms with Gasteiger partial charge < -0.3 is 15.0 Å². The Morgan fingerprint density at radius 2 is 2.05 bits per heavy atom. The summed E-state index contributed by atoms with van der Waals surface area (Å²) in [5, 5.41) is 3.47. The third-order valence-corrected chi connectivity index (χ3v) is 4.46. The third-order valence-electron chi connectivity index (χ3n) is 4.46. The van der Waals surface area contributed by atoms with Gasteiger partial charge in [-0.15, -0.1) is 0 Å². The number of ether oxygens (including phenoxy) is 1. The Hall–Kier alpha value is -1.22. The van der Waals surface area contributed by atoms with Crippen LogP contribution < -0.4 is 15.0 Å². The molecule has 20 heavy (non-hydrogen) atoms. The van der Waals surface area contributed by atoms with Crippen LogP contribution in [0.2, 0.25) is 0 Å². The van der Waals surface area contributed by atoms with Crippen molar-refractivity contribution in [2.75, 3.05) is 26.0 Å². The molecule has 2 rings (SSSR count). The quantitative estimate of drug-likeness (QED) is 0.913. The van der Waals surface area contributed by atoms with Crippen LogP contribution in [0.3, 0.4) is 0 Å². The van der Waals surface area contributed by atoms with Crippen molar-refractivity contribution in [1.82, 2.24) is 5.32 Å². The molecule has 0 aliphatic heterocycles. The van der Waals surface area contributed by atoms with E-state index < -0.39 is 0 Å². The number of nitrogens with one attached hydrogen (secondary N) is 1. The van der Waals surface area contributed by atoms with E-state index in [0.29, 0.717) is 6.04 Å². The molecule has 2 atom stereocenters. The van der Waals surface area contributed by atoms with Crippen LogP contribution in [0.1, 0.15) is 33.1 Å². The molecular weight excluding hydrogens is 248 g/mol. The maximum Gasteiger partial charge on any atom is 0.121 e. The number of hydrogen-bond donors (Lipinski definition) is 1. The second kappa shape index (κ2) is 6.04. The van der Waals surface area contributed by atoms with Crippen molar-refractivity contribution >= 4 is 5.69 Å². The Balaban J connectivity index is 2.14. The number of nitrogens with zero attached hydrogens (tertiary/aromatic N) is 1. The second-order valence-electron chi connectivity index (χ2n) is 6.70. The number of rotatable bonds is 4. The SMILES string of the molecule is CNC1C(Oc2cccc(N(C)C)c2)CCCC1(C)C. The Morgan fingerprint density at radius 3 is 2.70 bits per heavy atom. The molecule has 0 aromatic heterocycles. The Bertz CT molecular complexity index is 442. The van der Waals surface area contributed by atoms with Gasteiger partial charge in [0.1, 0.15) is 11.9 Å². The first-order chi connectivity index (χ1) is 9.44. The van der Waals surface area contributed by atoms with Gasteiger partial charge in [0.25, 0.3) is 0 Å². The first kappa shape index (κ1) is 15.2. The molecule has 2 unspecified atom stereocenters. The summed E-state index contributed by atoms with van der Waals surface area (Å²) in [6, 6.07) is 8.75. The lowest BCUT2D eigenvalue weighted by Gasteiger charge is -2.43. The van der Waals surface area contributed by atoms with Crippen molar-refractivity contribution in [3.63, 3.8) is 0 Å². The molecule has 112 valence electrons. The number of benzene rings is 1. The molecular formula is C17H28N2O. The average Bonchev–Trinajstić information content (AvgIpc) is 2.38. The highest BCUT2D eigenvalue weighted by Gasteiger charge is 2.39. The lowest BCUT2D eigenvalue weighted by molar-refractivity contribution is 0.0404. The summed E-state index contributed by atoms with van der Waals surface area (Å²) in [4.78, 5) is 2.10. The van der Waals surface area contributed by atoms with E-state index in [0.717, 1.165) is 12.2 Å². The number of hydrogen-bond acceptors (Lipinski definition) is 3. The molecule has 0 bridgehead atoms. The van der Waals surface area contributed by atoms with Crippen molar-refractivity contribution in [3.05, 3.63) is 24.3 Å². The zero-order valence-corrected chi connectivity index (χ0v) is 13.4. The molecule has 0 saturated heterocycles. The lowest BCUT2D eigenvalue weighted by Crippen LogP contribution is -2.53. The first-order valence-electron chi connectivity index (χ1n) is 7.55. The summed E-state index contributed by atoms with van der Waals surface area (Å²) in [7, 11) is 6.16. The molecule has 3 nitrogen and oxygen atoms in total. The van der Waals surface area contributed by atoms with Crippen LogP contribution in [-0.2, 0) is 0 Å². The predicted molar refractivity (Wildman–Crippen MR) is 85.7 cm³/mol. The van der Waals surface area contributed by atoms with Crippen LogP contribution in [0.25, 0.3) is 0 Å². The fraction of sp³-hybridized carbons (Fsp3) is 0.647. The smallest absolute Gasteiger partial charge is 0.121 e. The van der Waals surface area contributed by atoms with Crippen LogP contribution in [-0.4, -0.2) is 33.3 Å². The summed E-state index contributed by atoms with van der Waals surface area (Å²) in [6.45, 7) is 4.67. The average molecular weight is 276 g/mol. The third kappa shape index (κ3) is 3.26. The molecule has 1 aromatic carbocycles. The highest BCUT2D eigenvalue weighted by Crippen LogP contribution is 2.37. The van der Waals surface area contributed by atoms with Gasteiger partial charge in [-0.1, -0.05) is 19.9 Å². The normalized spacial score (nSPS) is 25.2. The van der Waals surface area contributed by atoms with Crippen LogP contribution >= 0.6 is 0 Å². The molecule has 1 aliphatic rings. The fourth-order valence-electron chi connectivity index (χ4n) is 3.30. The van der Waals surface area contributed by atoms with Gasteiger partial charge in [-0.25, -0.2) is 0 Å². The van der Waals surface area contributed by atoms with E-state index in [9.17, 15) is 0 Å². The highest BCUT2D eigenvalue weighted by molar-refractivity contribution is 5.49. The Morgan fingerprint density at radius 1 is 1.30 bits per heavy atom. The van der Waals surface area contributed by atoms with Gasteiger partial charge in [0, 0.05) is 31.9 Å². The largest absolute Gasteiger partial charge is 0.489 e. The van der Waals surface area contributed by atoms with Crippen LogP contribution in [0.4, 0.5) is 5.69 Å². The van der Waals surface area contributed by atoms with Gasteiger partial charge in [-0.3, -0.25) is 0 Å². The van der Waals surface area contributed by atoms with Gasteiger partial charge in [-0.2, -0.15) is 0 Å². The molecule has 1 aliphatic carbocycles. The summed E-state index contributed by atoms with van der Waals surface area (Å²) < 4.78 is 6.30. The van der Waals surface area contributed by atoms with E-state index in [2.05, 4.69) is 62.4 Å². The van der Waals surface area contributed by atoms with Gasteiger partial charge in [0.2, 0.25) is 0 Å². The van der Waals surface area contributed by atoms with E-state index in [1.165, 1.54) is 18.5 Å². The molecule has 0 radical (unpaired) electrons. The maximum absolute atomic E-state index is 6.30. The number of anilines is 1. The summed E-state index contributed by atoms with van der Waals surface area (Å²) >= 11 is 0. The van der Waals surface area contributed by atoms with Crippen molar-refractivity contribution in [2.24, 2.45) is 5.41 Å². The summed E-state index contributed by atoms with van der Waals surface area (Å²) in [5.74, 6) is 0.971. The molecule has 3 heteroatoms. The summed E-state index contributed by atoms with van der Waals surface area (Å²) in [5.41, 5.74) is 1.47. The maximum atomic E-state index is 6.30. The molecule has 1 saturated carbocycles. The van der Waals surface area contributed by atoms with E-state index in [-0.39, 0.29) is 11.5 Å². The molecule has 1 fully saturated rings. The fourth-order valence-corrected chi connectivity index (χ4v) is 3.30. The minimum absolute atomic E-state index is 0.251. The van der Waals surface area contributed by atoms with Gasteiger partial charge in [0.15, 0.2) is 0 Å². The van der Waals surface area contributed by atoms with Crippen LogP contribution in [0.5, 0.6) is 5.75 Å². The monoisotopic (exact) mass is 276 g/mol. The van der Waals surface area contributed by atoms with Gasteiger partial charge >= 0.3 is 0 Å². The van der Waals surface area contributed by atoms with Crippen molar-refractivity contribution in [1.29, 1.82) is 0 Å². The zero-order valence-electron chi connectivity index (χ0n) is 13.4. The number of likely N-dealkylation sites (N-methyl/N-ethyl adjacent to an activating group) is 1. The minimum atomic E-state index is 0.251. The molecule has 1 aromatic rings. The van der Waals surface area contributed by atoms with Crippen molar-refractivity contribution in [3.8, 4) is 5.75 Å². The zero-order chi connectivity index (χ0) is 14.8. The Labute approximate surface area is 123 Å². The van der Waals surface area contributed by atoms with Crippen molar-refractivity contribution in [2.45, 2.75) is 45.3 Å². The molecule has 1 N–H and O–H groups in total. The minimum Gasteiger partial charge on any atom is -0.489 e. The topological polar surface area (TPSA) is 24.5 Å². The molecule has 0 heterocycles. The van der Waals surface area contributed by atoms with E-state index in [1.54, 1.807) is 0 Å². The van der Waals surface area contributed by atoms with Crippen LogP contribution in [0.15, 0.2) is 24.3 Å². The second-order valence-corrected chi connectivity index (χ2v) is 6.70. The standard InChI is InChI=1S/C17H28N2O/c1-17(2)11-7-10-15(16(17)18-3)20-14-9-6-8-13(12-14)19(4)5/h6,8-9,12,15-16,18H,7,10-11H2,1-5H3. The van der Waals surface area contributed by atoms with Crippen LogP contribution in [0, 0.1) is 5.41 Å². The first-order valence-corrected chi connectivity index (χ1v) is 7.55. The lowest BCUT2D eigenvalue weighted by atomic mass is 9.72. The highest BCUT2D eigenvalue weighted by atomic mass is 16.5. The Kier molecular flexibility index (Phi) is 4.59. The van der Waals surface area contributed by atoms with E-state index in [1.807, 2.05) is 7.05 Å². The molecule has 0 amide bonds. The predicted octanol–water partition coefficient (Wildman–Crippen LogP) is 3.30. The van der Waals surface area contributed by atoms with Crippen molar-refractivity contribution < 1.29 is 4.74 Å². The van der Waals surface area contributed by atoms with E-state index >= 15 is 0 Å². The molecule has 0 spiro atoms. The van der Waals surface area contributed by atoms with E-state index in [4.69, 9.17) is 4.74 Å². The van der Waals surface area contributed by atoms with Gasteiger partial charge in [-0.05, 0) is 43.9 Å².